The Kier molecular flexibility index (Phi) is 9.68. The lowest BCUT2D eigenvalue weighted by Crippen LogP contribution is -2.55. The third kappa shape index (κ3) is 6.25. The van der Waals surface area contributed by atoms with Crippen molar-refractivity contribution in [2.24, 2.45) is 7.05 Å². The van der Waals surface area contributed by atoms with Gasteiger partial charge in [-0.1, -0.05) is 65.5 Å². The van der Waals surface area contributed by atoms with E-state index in [-0.39, 0.29) is 36.9 Å². The predicted molar refractivity (Wildman–Crippen MR) is 158 cm³/mol. The first-order valence-electron chi connectivity index (χ1n) is 13.6. The van der Waals surface area contributed by atoms with Crippen LogP contribution in [0.4, 0.5) is 10.5 Å². The van der Waals surface area contributed by atoms with E-state index in [1.54, 1.807) is 11.9 Å². The van der Waals surface area contributed by atoms with E-state index >= 15 is 0 Å². The number of nitrogens with one attached hydrogen (secondary N) is 1. The van der Waals surface area contributed by atoms with Gasteiger partial charge in [-0.2, -0.15) is 4.80 Å². The van der Waals surface area contributed by atoms with Gasteiger partial charge in [0.05, 0.1) is 19.6 Å². The summed E-state index contributed by atoms with van der Waals surface area (Å²) in [5, 5.41) is 15.9. The van der Waals surface area contributed by atoms with E-state index in [1.165, 1.54) is 4.80 Å². The van der Waals surface area contributed by atoms with Crippen LogP contribution in [-0.2, 0) is 23.9 Å². The molecule has 2 aliphatic rings. The molecule has 3 amide bonds. The summed E-state index contributed by atoms with van der Waals surface area (Å²) in [7, 11) is 1.73. The van der Waals surface area contributed by atoms with Gasteiger partial charge in [-0.3, -0.25) is 4.79 Å². The van der Waals surface area contributed by atoms with Crippen LogP contribution in [0, 0.1) is 0 Å². The number of likely N-dealkylation sites (tertiary alicyclic amines) is 1. The minimum atomic E-state index is -0.716. The molecule has 3 aromatic rings. The Morgan fingerprint density at radius 1 is 1.10 bits per heavy atom. The number of aryl methyl sites for hydroxylation is 1. The Labute approximate surface area is 249 Å². The van der Waals surface area contributed by atoms with Crippen LogP contribution in [0.3, 0.4) is 0 Å². The van der Waals surface area contributed by atoms with Gasteiger partial charge in [-0.25, -0.2) is 4.79 Å². The molecular weight excluding hydrogens is 596 g/mol. The quantitative estimate of drug-likeness (QED) is 0.364. The number of tetrazole rings is 1. The summed E-state index contributed by atoms with van der Waals surface area (Å²) in [5.74, 6) is 0.444. The number of halogens is 2. The van der Waals surface area contributed by atoms with Gasteiger partial charge in [0.15, 0.2) is 5.82 Å². The van der Waals surface area contributed by atoms with Gasteiger partial charge in [-0.05, 0) is 60.2 Å². The largest absolute Gasteiger partial charge is 0.399 e. The second kappa shape index (κ2) is 13.0. The number of rotatable bonds is 7. The normalized spacial score (nSPS) is 18.1. The number of anilines is 1. The fraction of sp³-hybridized carbons (Fsp3) is 0.464. The van der Waals surface area contributed by atoms with E-state index in [2.05, 4.69) is 36.7 Å². The van der Waals surface area contributed by atoms with Crippen molar-refractivity contribution in [3.63, 3.8) is 0 Å². The average molecular weight is 632 g/mol. The molecular formula is C28H36BrClN8O2. The smallest absolute Gasteiger partial charge is 0.318 e. The van der Waals surface area contributed by atoms with Crippen molar-refractivity contribution >= 4 is 46.0 Å². The number of nitrogens with zero attached hydrogens (tertiary/aromatic N) is 6. The maximum Gasteiger partial charge on any atom is 0.318 e. The van der Waals surface area contributed by atoms with Gasteiger partial charge in [0.2, 0.25) is 5.91 Å². The molecule has 2 heterocycles. The fourth-order valence-corrected chi connectivity index (χ4v) is 6.48. The maximum absolute atomic E-state index is 14.0. The van der Waals surface area contributed by atoms with E-state index < -0.39 is 5.54 Å². The zero-order chi connectivity index (χ0) is 27.4. The number of carbonyl (C=O) groups excluding carboxylic acids is 2. The van der Waals surface area contributed by atoms with Crippen molar-refractivity contribution in [1.29, 1.82) is 0 Å². The second-order valence-electron chi connectivity index (χ2n) is 10.4. The highest BCUT2D eigenvalue weighted by Gasteiger charge is 2.46. The highest BCUT2D eigenvalue weighted by Crippen LogP contribution is 2.42. The molecule has 1 saturated carbocycles. The first kappa shape index (κ1) is 29.8. The van der Waals surface area contributed by atoms with Gasteiger partial charge in [0.25, 0.3) is 0 Å². The van der Waals surface area contributed by atoms with Gasteiger partial charge in [-0.15, -0.1) is 22.6 Å². The number of carbonyl (C=O) groups is 2. The molecule has 1 aliphatic carbocycles. The first-order chi connectivity index (χ1) is 18.9. The van der Waals surface area contributed by atoms with E-state index in [9.17, 15) is 9.59 Å². The van der Waals surface area contributed by atoms with Crippen LogP contribution in [0.15, 0.2) is 53.0 Å². The molecule has 40 heavy (non-hydrogen) atoms. The van der Waals surface area contributed by atoms with Crippen molar-refractivity contribution < 1.29 is 9.59 Å². The highest BCUT2D eigenvalue weighted by molar-refractivity contribution is 9.10. The highest BCUT2D eigenvalue weighted by atomic mass is 79.9. The minimum absolute atomic E-state index is 0. The Bertz CT molecular complexity index is 1310. The minimum Gasteiger partial charge on any atom is -0.399 e. The fourth-order valence-electron chi connectivity index (χ4n) is 5.93. The number of nitrogen functional groups attached to an aromatic ring is 1. The lowest BCUT2D eigenvalue weighted by Gasteiger charge is -2.44. The zero-order valence-electron chi connectivity index (χ0n) is 22.6. The number of nitrogens with two attached hydrogens (primary N) is 1. The predicted octanol–water partition coefficient (Wildman–Crippen LogP) is 4.71. The van der Waals surface area contributed by atoms with Crippen molar-refractivity contribution in [3.05, 3.63) is 70.0 Å². The van der Waals surface area contributed by atoms with Gasteiger partial charge >= 0.3 is 6.03 Å². The molecule has 12 heteroatoms. The summed E-state index contributed by atoms with van der Waals surface area (Å²) in [4.78, 5) is 32.5. The zero-order valence-corrected chi connectivity index (χ0v) is 25.0. The summed E-state index contributed by atoms with van der Waals surface area (Å²) >= 11 is 3.63. The van der Waals surface area contributed by atoms with E-state index in [0.717, 1.165) is 60.5 Å². The molecule has 5 rings (SSSR count). The number of benzene rings is 2. The Balaban J connectivity index is 0.00000370. The van der Waals surface area contributed by atoms with Crippen LogP contribution in [0.1, 0.15) is 67.9 Å². The molecule has 0 spiro atoms. The van der Waals surface area contributed by atoms with E-state index in [0.29, 0.717) is 24.6 Å². The summed E-state index contributed by atoms with van der Waals surface area (Å²) < 4.78 is 0.990. The third-order valence-electron chi connectivity index (χ3n) is 7.92. The van der Waals surface area contributed by atoms with Gasteiger partial charge < -0.3 is 20.9 Å². The number of urea groups is 1. The van der Waals surface area contributed by atoms with Crippen LogP contribution in [0.25, 0.3) is 0 Å². The van der Waals surface area contributed by atoms with Crippen LogP contribution in [0.2, 0.25) is 0 Å². The molecule has 3 N–H and O–H groups in total. The third-order valence-corrected chi connectivity index (χ3v) is 8.64. The molecule has 2 fully saturated rings. The molecule has 0 radical (unpaired) electrons. The van der Waals surface area contributed by atoms with Crippen molar-refractivity contribution in [1.82, 2.24) is 35.3 Å². The number of hydrogen-bond donors (Lipinski definition) is 2. The molecule has 214 valence electrons. The number of aromatic nitrogens is 4. The van der Waals surface area contributed by atoms with Crippen LogP contribution in [-0.4, -0.2) is 55.0 Å². The Morgan fingerprint density at radius 3 is 2.50 bits per heavy atom. The Hall–Kier alpha value is -3.18. The van der Waals surface area contributed by atoms with Crippen molar-refractivity contribution in [3.8, 4) is 0 Å². The van der Waals surface area contributed by atoms with Crippen molar-refractivity contribution in [2.45, 2.75) is 63.1 Å². The molecule has 0 bridgehead atoms. The molecule has 1 aromatic heterocycles. The second-order valence-corrected chi connectivity index (χ2v) is 11.3. The topological polar surface area (TPSA) is 122 Å². The summed E-state index contributed by atoms with van der Waals surface area (Å²) in [6, 6.07) is 15.2. The first-order valence-corrected chi connectivity index (χ1v) is 14.3. The molecule has 2 aromatic carbocycles. The van der Waals surface area contributed by atoms with Crippen LogP contribution >= 0.6 is 28.3 Å². The van der Waals surface area contributed by atoms with E-state index in [1.807, 2.05) is 53.4 Å². The molecule has 1 aliphatic heterocycles. The molecule has 1 saturated heterocycles. The van der Waals surface area contributed by atoms with Crippen LogP contribution < -0.4 is 11.1 Å². The summed E-state index contributed by atoms with van der Waals surface area (Å²) in [5.41, 5.74) is 7.89. The van der Waals surface area contributed by atoms with E-state index in [4.69, 9.17) is 5.73 Å². The SMILES string of the molecule is Cl.Cn1nnc(C2(N(Cc3ccc(N)cc3)C(=O)NCC(=O)N3CCCC3c3ccccc3Br)CCCCC2)n1. The lowest BCUT2D eigenvalue weighted by molar-refractivity contribution is -0.131. The number of hydrogen-bond acceptors (Lipinski definition) is 6. The monoisotopic (exact) mass is 630 g/mol. The van der Waals surface area contributed by atoms with Gasteiger partial charge in [0, 0.05) is 23.2 Å². The van der Waals surface area contributed by atoms with Crippen molar-refractivity contribution in [2.75, 3.05) is 18.8 Å². The summed E-state index contributed by atoms with van der Waals surface area (Å²) in [6.07, 6.45) is 6.26. The Morgan fingerprint density at radius 2 is 1.82 bits per heavy atom. The maximum atomic E-state index is 14.0. The molecule has 1 unspecified atom stereocenters. The standard InChI is InChI=1S/C28H35BrN8O2.ClH/c1-35-33-26(32-34-35)28(15-5-2-6-16-28)37(19-20-11-13-21(30)14-12-20)27(39)31-18-25(38)36-17-7-10-24(36)22-8-3-4-9-23(22)29;/h3-4,8-9,11-14,24H,2,5-7,10,15-19,30H2,1H3,(H,31,39);1H. The van der Waals surface area contributed by atoms with Gasteiger partial charge in [0.1, 0.15) is 5.54 Å². The molecule has 1 atom stereocenters. The number of amides is 3. The van der Waals surface area contributed by atoms with Crippen LogP contribution in [0.5, 0.6) is 0 Å². The average Bonchev–Trinajstić information content (AvgIpc) is 3.62. The lowest BCUT2D eigenvalue weighted by atomic mass is 9.79. The molecule has 10 nitrogen and oxygen atoms in total. The summed E-state index contributed by atoms with van der Waals surface area (Å²) in [6.45, 7) is 0.924.